The van der Waals surface area contributed by atoms with Gasteiger partial charge in [0, 0.05) is 18.2 Å². The lowest BCUT2D eigenvalue weighted by Gasteiger charge is -2.19. The smallest absolute Gasteiger partial charge is 0.231 e. The molecule has 5 heteroatoms. The summed E-state index contributed by atoms with van der Waals surface area (Å²) in [4.78, 5) is 4.60. The minimum atomic E-state index is 0.430. The summed E-state index contributed by atoms with van der Waals surface area (Å²) < 4.78 is 5.44. The third-order valence-corrected chi connectivity index (χ3v) is 5.21. The van der Waals surface area contributed by atoms with E-state index in [1.165, 1.54) is 37.9 Å². The van der Waals surface area contributed by atoms with E-state index in [9.17, 15) is 0 Å². The van der Waals surface area contributed by atoms with Crippen molar-refractivity contribution in [2.75, 3.05) is 18.8 Å². The van der Waals surface area contributed by atoms with Crippen LogP contribution in [0.25, 0.3) is 0 Å². The van der Waals surface area contributed by atoms with E-state index in [1.54, 1.807) is 0 Å². The van der Waals surface area contributed by atoms with Gasteiger partial charge in [-0.3, -0.25) is 0 Å². The minimum Gasteiger partial charge on any atom is -0.339 e. The van der Waals surface area contributed by atoms with Crippen LogP contribution < -0.4 is 5.32 Å². The number of nitrogens with one attached hydrogen (secondary N) is 1. The number of aromatic nitrogens is 2. The predicted octanol–water partition coefficient (Wildman–Crippen LogP) is 2.36. The maximum absolute atomic E-state index is 5.44. The second kappa shape index (κ2) is 6.06. The van der Waals surface area contributed by atoms with E-state index in [4.69, 9.17) is 4.52 Å². The molecule has 0 spiro atoms. The van der Waals surface area contributed by atoms with Crippen LogP contribution in [-0.2, 0) is 6.42 Å². The molecule has 0 radical (unpaired) electrons. The zero-order chi connectivity index (χ0) is 12.2. The Morgan fingerprint density at radius 1 is 1.28 bits per heavy atom. The highest BCUT2D eigenvalue weighted by Gasteiger charge is 2.23. The van der Waals surface area contributed by atoms with Crippen LogP contribution in [0.5, 0.6) is 0 Å². The van der Waals surface area contributed by atoms with Gasteiger partial charge in [0.25, 0.3) is 0 Å². The number of hydrogen-bond donors (Lipinski definition) is 1. The third kappa shape index (κ3) is 3.06. The molecular formula is C13H21N3OS. The van der Waals surface area contributed by atoms with E-state index in [0.717, 1.165) is 31.2 Å². The SMILES string of the molecule is C1CCC(Cc2noc(C3CCCNC3)n2)SC1. The van der Waals surface area contributed by atoms with Crippen molar-refractivity contribution in [3.8, 4) is 0 Å². The van der Waals surface area contributed by atoms with E-state index in [-0.39, 0.29) is 0 Å². The summed E-state index contributed by atoms with van der Waals surface area (Å²) in [7, 11) is 0. The van der Waals surface area contributed by atoms with Gasteiger partial charge in [-0.05, 0) is 38.0 Å². The van der Waals surface area contributed by atoms with Crippen LogP contribution in [0.3, 0.4) is 0 Å². The fourth-order valence-corrected chi connectivity index (χ4v) is 4.06. The Morgan fingerprint density at radius 3 is 3.06 bits per heavy atom. The Labute approximate surface area is 112 Å². The lowest BCUT2D eigenvalue weighted by Crippen LogP contribution is -2.28. The van der Waals surface area contributed by atoms with Gasteiger partial charge in [0.2, 0.25) is 5.89 Å². The summed E-state index contributed by atoms with van der Waals surface area (Å²) in [5, 5.41) is 8.25. The van der Waals surface area contributed by atoms with Crippen LogP contribution in [0.2, 0.25) is 0 Å². The van der Waals surface area contributed by atoms with E-state index in [1.807, 2.05) is 0 Å². The van der Waals surface area contributed by atoms with E-state index in [2.05, 4.69) is 27.2 Å². The first-order chi connectivity index (χ1) is 8.92. The molecule has 0 aliphatic carbocycles. The van der Waals surface area contributed by atoms with E-state index >= 15 is 0 Å². The van der Waals surface area contributed by atoms with Gasteiger partial charge in [-0.25, -0.2) is 0 Å². The van der Waals surface area contributed by atoms with Crippen LogP contribution in [0, 0.1) is 0 Å². The first-order valence-corrected chi connectivity index (χ1v) is 8.11. The van der Waals surface area contributed by atoms with Crippen molar-refractivity contribution in [2.45, 2.75) is 49.7 Å². The van der Waals surface area contributed by atoms with E-state index in [0.29, 0.717) is 11.2 Å². The summed E-state index contributed by atoms with van der Waals surface area (Å²) in [5.74, 6) is 3.48. The predicted molar refractivity (Wildman–Crippen MR) is 72.9 cm³/mol. The molecule has 2 saturated heterocycles. The van der Waals surface area contributed by atoms with Gasteiger partial charge >= 0.3 is 0 Å². The monoisotopic (exact) mass is 267 g/mol. The second-order valence-electron chi connectivity index (χ2n) is 5.28. The Balaban J connectivity index is 1.58. The molecule has 2 atom stereocenters. The lowest BCUT2D eigenvalue weighted by molar-refractivity contribution is 0.320. The number of rotatable bonds is 3. The van der Waals surface area contributed by atoms with Crippen molar-refractivity contribution in [3.63, 3.8) is 0 Å². The molecule has 0 saturated carbocycles. The van der Waals surface area contributed by atoms with Crippen molar-refractivity contribution in [2.24, 2.45) is 0 Å². The molecule has 0 bridgehead atoms. The summed E-state index contributed by atoms with van der Waals surface area (Å²) in [6.07, 6.45) is 7.39. The summed E-state index contributed by atoms with van der Waals surface area (Å²) in [6.45, 7) is 2.11. The van der Waals surface area contributed by atoms with Crippen molar-refractivity contribution >= 4 is 11.8 Å². The van der Waals surface area contributed by atoms with Crippen molar-refractivity contribution < 1.29 is 4.52 Å². The topological polar surface area (TPSA) is 51.0 Å². The normalized spacial score (nSPS) is 29.3. The van der Waals surface area contributed by atoms with Crippen LogP contribution in [0.1, 0.15) is 49.7 Å². The summed E-state index contributed by atoms with van der Waals surface area (Å²) in [5.41, 5.74) is 0. The third-order valence-electron chi connectivity index (χ3n) is 3.81. The minimum absolute atomic E-state index is 0.430. The Kier molecular flexibility index (Phi) is 4.20. The van der Waals surface area contributed by atoms with Crippen molar-refractivity contribution in [1.29, 1.82) is 0 Å². The summed E-state index contributed by atoms with van der Waals surface area (Å²) >= 11 is 2.07. The molecule has 1 N–H and O–H groups in total. The molecule has 3 rings (SSSR count). The Hall–Kier alpha value is -0.550. The maximum atomic E-state index is 5.44. The molecule has 4 nitrogen and oxygen atoms in total. The van der Waals surface area contributed by atoms with Crippen LogP contribution in [0.15, 0.2) is 4.52 Å². The van der Waals surface area contributed by atoms with Gasteiger partial charge < -0.3 is 9.84 Å². The summed E-state index contributed by atoms with van der Waals surface area (Å²) in [6, 6.07) is 0. The van der Waals surface area contributed by atoms with Crippen LogP contribution in [-0.4, -0.2) is 34.2 Å². The molecule has 2 aliphatic rings. The highest BCUT2D eigenvalue weighted by molar-refractivity contribution is 7.99. The average Bonchev–Trinajstić information content (AvgIpc) is 2.89. The van der Waals surface area contributed by atoms with Crippen LogP contribution in [0.4, 0.5) is 0 Å². The number of hydrogen-bond acceptors (Lipinski definition) is 5. The quantitative estimate of drug-likeness (QED) is 0.911. The fourth-order valence-electron chi connectivity index (χ4n) is 2.75. The van der Waals surface area contributed by atoms with E-state index < -0.39 is 0 Å². The zero-order valence-corrected chi connectivity index (χ0v) is 11.5. The largest absolute Gasteiger partial charge is 0.339 e. The number of thioether (sulfide) groups is 1. The highest BCUT2D eigenvalue weighted by atomic mass is 32.2. The van der Waals surface area contributed by atoms with Gasteiger partial charge in [0.05, 0.1) is 5.92 Å². The lowest BCUT2D eigenvalue weighted by atomic mass is 10.00. The molecule has 1 aromatic rings. The standard InChI is InChI=1S/C13H21N3OS/c1-2-7-18-11(5-1)8-12-15-13(17-16-12)10-4-3-6-14-9-10/h10-11,14H,1-9H2. The Bertz CT molecular complexity index is 370. The molecule has 2 aliphatic heterocycles. The fraction of sp³-hybridized carbons (Fsp3) is 0.846. The molecule has 3 heterocycles. The maximum Gasteiger partial charge on any atom is 0.231 e. The Morgan fingerprint density at radius 2 is 2.28 bits per heavy atom. The van der Waals surface area contributed by atoms with Gasteiger partial charge in [-0.2, -0.15) is 16.7 Å². The number of nitrogens with zero attached hydrogens (tertiary/aromatic N) is 2. The molecule has 0 aromatic carbocycles. The molecule has 100 valence electrons. The second-order valence-corrected chi connectivity index (χ2v) is 6.69. The molecule has 1 aromatic heterocycles. The van der Waals surface area contributed by atoms with Crippen molar-refractivity contribution in [3.05, 3.63) is 11.7 Å². The molecule has 0 amide bonds. The zero-order valence-electron chi connectivity index (χ0n) is 10.7. The first-order valence-electron chi connectivity index (χ1n) is 7.06. The number of piperidine rings is 1. The first kappa shape index (κ1) is 12.5. The van der Waals surface area contributed by atoms with Gasteiger partial charge in [0.15, 0.2) is 5.82 Å². The average molecular weight is 267 g/mol. The molecule has 2 fully saturated rings. The molecule has 18 heavy (non-hydrogen) atoms. The molecular weight excluding hydrogens is 246 g/mol. The highest BCUT2D eigenvalue weighted by Crippen LogP contribution is 2.28. The molecule has 2 unspecified atom stereocenters. The van der Waals surface area contributed by atoms with Gasteiger partial charge in [0.1, 0.15) is 0 Å². The van der Waals surface area contributed by atoms with Crippen LogP contribution >= 0.6 is 11.8 Å². The van der Waals surface area contributed by atoms with Gasteiger partial charge in [-0.1, -0.05) is 11.6 Å². The van der Waals surface area contributed by atoms with Crippen molar-refractivity contribution in [1.82, 2.24) is 15.5 Å². The van der Waals surface area contributed by atoms with Gasteiger partial charge in [-0.15, -0.1) is 0 Å².